The third kappa shape index (κ3) is 2.53. The molecule has 2 heteroatoms. The molecule has 2 saturated heterocycles. The fourth-order valence-electron chi connectivity index (χ4n) is 4.26. The molecule has 17 heavy (non-hydrogen) atoms. The molecule has 2 heterocycles. The van der Waals surface area contributed by atoms with E-state index < -0.39 is 0 Å². The maximum Gasteiger partial charge on any atom is 0.00956 e. The lowest BCUT2D eigenvalue weighted by Crippen LogP contribution is -2.36. The Morgan fingerprint density at radius 2 is 2.06 bits per heavy atom. The van der Waals surface area contributed by atoms with Crippen molar-refractivity contribution < 1.29 is 0 Å². The van der Waals surface area contributed by atoms with Crippen LogP contribution in [-0.2, 0) is 0 Å². The van der Waals surface area contributed by atoms with E-state index in [4.69, 9.17) is 0 Å². The minimum Gasteiger partial charge on any atom is -0.316 e. The molecular weight excluding hydrogens is 208 g/mol. The van der Waals surface area contributed by atoms with E-state index in [9.17, 15) is 0 Å². The van der Waals surface area contributed by atoms with Gasteiger partial charge in [0.1, 0.15) is 0 Å². The van der Waals surface area contributed by atoms with Crippen molar-refractivity contribution in [3.8, 4) is 0 Å². The van der Waals surface area contributed by atoms with Gasteiger partial charge in [0.15, 0.2) is 0 Å². The number of rotatable bonds is 1. The number of nitrogens with one attached hydrogen (secondary N) is 1. The predicted molar refractivity (Wildman–Crippen MR) is 72.1 cm³/mol. The van der Waals surface area contributed by atoms with E-state index in [1.54, 1.807) is 0 Å². The van der Waals surface area contributed by atoms with Crippen LogP contribution >= 0.6 is 0 Å². The van der Waals surface area contributed by atoms with E-state index in [1.807, 2.05) is 0 Å². The predicted octanol–water partition coefficient (Wildman–Crippen LogP) is 2.64. The van der Waals surface area contributed by atoms with Gasteiger partial charge >= 0.3 is 0 Å². The molecule has 1 saturated carbocycles. The third-order valence-corrected chi connectivity index (χ3v) is 5.54. The molecule has 3 rings (SSSR count). The first-order valence-corrected chi connectivity index (χ1v) is 7.72. The normalized spacial score (nSPS) is 44.3. The van der Waals surface area contributed by atoms with Gasteiger partial charge in [-0.2, -0.15) is 0 Å². The van der Waals surface area contributed by atoms with E-state index >= 15 is 0 Å². The zero-order chi connectivity index (χ0) is 11.7. The standard InChI is InChI=1S/C15H28N2/c1-13-3-2-4-14(6-5-13)17-10-8-15(12-17)7-9-16-11-15/h13-14,16H,2-12H2,1H3. The van der Waals surface area contributed by atoms with E-state index in [1.165, 1.54) is 71.1 Å². The van der Waals surface area contributed by atoms with E-state index in [-0.39, 0.29) is 0 Å². The molecule has 1 aliphatic carbocycles. The topological polar surface area (TPSA) is 15.3 Å². The molecule has 3 fully saturated rings. The molecule has 1 N–H and O–H groups in total. The molecule has 0 aromatic rings. The van der Waals surface area contributed by atoms with Crippen molar-refractivity contribution in [2.24, 2.45) is 11.3 Å². The molecule has 0 aromatic heterocycles. The van der Waals surface area contributed by atoms with Gasteiger partial charge in [-0.15, -0.1) is 0 Å². The average molecular weight is 236 g/mol. The van der Waals surface area contributed by atoms with Crippen molar-refractivity contribution in [1.82, 2.24) is 10.2 Å². The highest BCUT2D eigenvalue weighted by Gasteiger charge is 2.42. The van der Waals surface area contributed by atoms with Gasteiger partial charge in [-0.1, -0.05) is 19.8 Å². The quantitative estimate of drug-likeness (QED) is 0.704. The van der Waals surface area contributed by atoms with E-state index in [2.05, 4.69) is 17.1 Å². The number of hydrogen-bond donors (Lipinski definition) is 1. The summed E-state index contributed by atoms with van der Waals surface area (Å²) < 4.78 is 0. The van der Waals surface area contributed by atoms with Crippen LogP contribution in [-0.4, -0.2) is 37.1 Å². The summed E-state index contributed by atoms with van der Waals surface area (Å²) in [5.41, 5.74) is 0.665. The maximum atomic E-state index is 3.57. The van der Waals surface area contributed by atoms with E-state index in [0.29, 0.717) is 5.41 Å². The Labute approximate surface area is 106 Å². The number of hydrogen-bond acceptors (Lipinski definition) is 2. The summed E-state index contributed by atoms with van der Waals surface area (Å²) >= 11 is 0. The molecule has 2 nitrogen and oxygen atoms in total. The summed E-state index contributed by atoms with van der Waals surface area (Å²) in [6, 6.07) is 0.917. The molecule has 0 aromatic carbocycles. The Bertz CT molecular complexity index is 258. The van der Waals surface area contributed by atoms with Crippen LogP contribution in [0.5, 0.6) is 0 Å². The van der Waals surface area contributed by atoms with Gasteiger partial charge in [0.25, 0.3) is 0 Å². The number of likely N-dealkylation sites (tertiary alicyclic amines) is 1. The minimum atomic E-state index is 0.665. The third-order valence-electron chi connectivity index (χ3n) is 5.54. The highest BCUT2D eigenvalue weighted by molar-refractivity contribution is 4.97. The van der Waals surface area contributed by atoms with Gasteiger partial charge in [-0.3, -0.25) is 4.90 Å². The maximum absolute atomic E-state index is 3.57. The lowest BCUT2D eigenvalue weighted by Gasteiger charge is -2.29. The largest absolute Gasteiger partial charge is 0.316 e. The first-order valence-electron chi connectivity index (χ1n) is 7.72. The molecular formula is C15H28N2. The molecule has 3 aliphatic rings. The van der Waals surface area contributed by atoms with Gasteiger partial charge < -0.3 is 5.32 Å². The van der Waals surface area contributed by atoms with Gasteiger partial charge in [0, 0.05) is 19.1 Å². The molecule has 98 valence electrons. The van der Waals surface area contributed by atoms with Gasteiger partial charge in [-0.05, 0) is 56.5 Å². The Morgan fingerprint density at radius 3 is 2.88 bits per heavy atom. The van der Waals surface area contributed by atoms with Gasteiger partial charge in [0.2, 0.25) is 0 Å². The van der Waals surface area contributed by atoms with Gasteiger partial charge in [-0.25, -0.2) is 0 Å². The van der Waals surface area contributed by atoms with Crippen LogP contribution in [0.4, 0.5) is 0 Å². The Balaban J connectivity index is 1.58. The Kier molecular flexibility index (Phi) is 3.45. The SMILES string of the molecule is CC1CCCC(N2CCC3(CCNC3)C2)CC1. The monoisotopic (exact) mass is 236 g/mol. The molecule has 0 bridgehead atoms. The first-order chi connectivity index (χ1) is 8.27. The highest BCUT2D eigenvalue weighted by Crippen LogP contribution is 2.39. The molecule has 3 unspecified atom stereocenters. The summed E-state index contributed by atoms with van der Waals surface area (Å²) in [5, 5.41) is 3.57. The second-order valence-corrected chi connectivity index (χ2v) is 6.91. The first kappa shape index (κ1) is 12.0. The summed E-state index contributed by atoms with van der Waals surface area (Å²) in [5.74, 6) is 0.977. The lowest BCUT2D eigenvalue weighted by atomic mass is 9.86. The molecule has 0 amide bonds. The van der Waals surface area contributed by atoms with Crippen LogP contribution in [0, 0.1) is 11.3 Å². The summed E-state index contributed by atoms with van der Waals surface area (Å²) in [6.07, 6.45) is 10.2. The zero-order valence-corrected chi connectivity index (χ0v) is 11.4. The molecule has 0 radical (unpaired) electrons. The van der Waals surface area contributed by atoms with Crippen LogP contribution < -0.4 is 5.32 Å². The van der Waals surface area contributed by atoms with E-state index in [0.717, 1.165) is 12.0 Å². The van der Waals surface area contributed by atoms with Crippen molar-refractivity contribution in [3.63, 3.8) is 0 Å². The van der Waals surface area contributed by atoms with Crippen LogP contribution in [0.2, 0.25) is 0 Å². The second-order valence-electron chi connectivity index (χ2n) is 6.91. The van der Waals surface area contributed by atoms with Crippen LogP contribution in [0.3, 0.4) is 0 Å². The highest BCUT2D eigenvalue weighted by atomic mass is 15.2. The molecule has 1 spiro atoms. The van der Waals surface area contributed by atoms with Crippen molar-refractivity contribution in [2.45, 2.75) is 57.9 Å². The van der Waals surface area contributed by atoms with Crippen molar-refractivity contribution >= 4 is 0 Å². The smallest absolute Gasteiger partial charge is 0.00956 e. The summed E-state index contributed by atoms with van der Waals surface area (Å²) in [7, 11) is 0. The fourth-order valence-corrected chi connectivity index (χ4v) is 4.26. The van der Waals surface area contributed by atoms with Crippen molar-refractivity contribution in [1.29, 1.82) is 0 Å². The van der Waals surface area contributed by atoms with Crippen LogP contribution in [0.25, 0.3) is 0 Å². The number of nitrogens with zero attached hydrogens (tertiary/aromatic N) is 1. The van der Waals surface area contributed by atoms with Crippen molar-refractivity contribution in [3.05, 3.63) is 0 Å². The zero-order valence-electron chi connectivity index (χ0n) is 11.4. The molecule has 2 aliphatic heterocycles. The Morgan fingerprint density at radius 1 is 1.12 bits per heavy atom. The fraction of sp³-hybridized carbons (Fsp3) is 1.00. The minimum absolute atomic E-state index is 0.665. The average Bonchev–Trinajstić information content (AvgIpc) is 2.89. The van der Waals surface area contributed by atoms with Crippen LogP contribution in [0.15, 0.2) is 0 Å². The van der Waals surface area contributed by atoms with Gasteiger partial charge in [0.05, 0.1) is 0 Å². The Hall–Kier alpha value is -0.0800. The summed E-state index contributed by atoms with van der Waals surface area (Å²) in [4.78, 5) is 2.84. The molecule has 3 atom stereocenters. The van der Waals surface area contributed by atoms with Crippen LogP contribution in [0.1, 0.15) is 51.9 Å². The summed E-state index contributed by atoms with van der Waals surface area (Å²) in [6.45, 7) is 7.75. The van der Waals surface area contributed by atoms with Crippen molar-refractivity contribution in [2.75, 3.05) is 26.2 Å². The lowest BCUT2D eigenvalue weighted by molar-refractivity contribution is 0.192. The second kappa shape index (κ2) is 4.89.